The number of halogens is 1. The molecule has 0 N–H and O–H groups in total. The fraction of sp³-hybridized carbons (Fsp3) is 0.278. The molecule has 0 radical (unpaired) electrons. The van der Waals surface area contributed by atoms with Gasteiger partial charge in [-0.25, -0.2) is 12.8 Å². The van der Waals surface area contributed by atoms with Crippen LogP contribution in [0.1, 0.15) is 6.42 Å². The molecule has 3 rings (SSSR count). The number of sulfone groups is 1. The molecule has 0 spiro atoms. The van der Waals surface area contributed by atoms with Gasteiger partial charge in [-0.3, -0.25) is 14.9 Å². The highest BCUT2D eigenvalue weighted by Crippen LogP contribution is 2.28. The molecule has 0 aromatic heterocycles. The van der Waals surface area contributed by atoms with Gasteiger partial charge in [-0.2, -0.15) is 0 Å². The maximum absolute atomic E-state index is 13.4. The van der Waals surface area contributed by atoms with Gasteiger partial charge in [0.2, 0.25) is 5.75 Å². The van der Waals surface area contributed by atoms with Crippen molar-refractivity contribution in [2.24, 2.45) is 0 Å². The number of benzene rings is 2. The van der Waals surface area contributed by atoms with Gasteiger partial charge in [0.25, 0.3) is 5.91 Å². The van der Waals surface area contributed by atoms with Crippen LogP contribution in [0.2, 0.25) is 0 Å². The Hall–Kier alpha value is -3.01. The highest BCUT2D eigenvalue weighted by Gasteiger charge is 2.35. The molecular formula is C18H17FN2O6S. The summed E-state index contributed by atoms with van der Waals surface area (Å²) >= 11 is 0. The fourth-order valence-electron chi connectivity index (χ4n) is 3.09. The number of carbonyl (C=O) groups excluding carboxylic acids is 1. The molecule has 0 bridgehead atoms. The summed E-state index contributed by atoms with van der Waals surface area (Å²) in [6.45, 7) is -0.601. The van der Waals surface area contributed by atoms with Crippen LogP contribution in [0.5, 0.6) is 5.75 Å². The van der Waals surface area contributed by atoms with Crippen LogP contribution in [0, 0.1) is 15.9 Å². The third-order valence-electron chi connectivity index (χ3n) is 4.35. The second-order valence-corrected chi connectivity index (χ2v) is 8.54. The number of anilines is 1. The lowest BCUT2D eigenvalue weighted by molar-refractivity contribution is -0.385. The zero-order chi connectivity index (χ0) is 20.3. The Balaban J connectivity index is 1.83. The SMILES string of the molecule is O=C(COc1cc(F)ccc1[N+](=O)[O-])N(c1ccccc1)[C@H]1CCS(=O)(=O)C1. The van der Waals surface area contributed by atoms with Crippen molar-refractivity contribution in [2.75, 3.05) is 23.0 Å². The van der Waals surface area contributed by atoms with E-state index in [1.165, 1.54) is 4.90 Å². The van der Waals surface area contributed by atoms with Crippen molar-refractivity contribution in [1.82, 2.24) is 0 Å². The molecule has 1 saturated heterocycles. The van der Waals surface area contributed by atoms with E-state index in [1.54, 1.807) is 30.3 Å². The Morgan fingerprint density at radius 3 is 2.57 bits per heavy atom. The predicted molar refractivity (Wildman–Crippen MR) is 99.5 cm³/mol. The predicted octanol–water partition coefficient (Wildman–Crippen LogP) is 2.33. The number of ether oxygens (including phenoxy) is 1. The molecule has 148 valence electrons. The second-order valence-electron chi connectivity index (χ2n) is 6.31. The van der Waals surface area contributed by atoms with Crippen LogP contribution in [0.3, 0.4) is 0 Å². The largest absolute Gasteiger partial charge is 0.477 e. The molecule has 1 amide bonds. The van der Waals surface area contributed by atoms with E-state index < -0.39 is 44.8 Å². The quantitative estimate of drug-likeness (QED) is 0.536. The number of para-hydroxylation sites is 1. The number of nitro benzene ring substituents is 1. The summed E-state index contributed by atoms with van der Waals surface area (Å²) in [4.78, 5) is 24.5. The lowest BCUT2D eigenvalue weighted by atomic mass is 10.2. The molecule has 1 aliphatic heterocycles. The van der Waals surface area contributed by atoms with Crippen molar-refractivity contribution in [3.05, 3.63) is 64.5 Å². The third-order valence-corrected chi connectivity index (χ3v) is 6.10. The van der Waals surface area contributed by atoms with Crippen molar-refractivity contribution < 1.29 is 27.3 Å². The number of amides is 1. The number of hydrogen-bond acceptors (Lipinski definition) is 6. The molecule has 2 aromatic rings. The minimum atomic E-state index is -3.25. The van der Waals surface area contributed by atoms with Gasteiger partial charge in [0.15, 0.2) is 16.4 Å². The molecule has 2 aromatic carbocycles. The van der Waals surface area contributed by atoms with E-state index in [0.717, 1.165) is 18.2 Å². The maximum Gasteiger partial charge on any atom is 0.311 e. The first-order chi connectivity index (χ1) is 13.3. The van der Waals surface area contributed by atoms with Crippen LogP contribution < -0.4 is 9.64 Å². The topological polar surface area (TPSA) is 107 Å². The van der Waals surface area contributed by atoms with Gasteiger partial charge in [0.05, 0.1) is 22.5 Å². The van der Waals surface area contributed by atoms with Crippen LogP contribution in [-0.4, -0.2) is 43.4 Å². The Labute approximate surface area is 160 Å². The highest BCUT2D eigenvalue weighted by atomic mass is 32.2. The molecule has 1 aliphatic rings. The summed E-state index contributed by atoms with van der Waals surface area (Å²) in [6.07, 6.45) is 0.281. The first kappa shape index (κ1) is 19.7. The average Bonchev–Trinajstić information content (AvgIpc) is 3.00. The minimum Gasteiger partial charge on any atom is -0.477 e. The van der Waals surface area contributed by atoms with E-state index in [2.05, 4.69) is 0 Å². The molecule has 10 heteroatoms. The number of nitrogens with zero attached hydrogens (tertiary/aromatic N) is 2. The molecule has 8 nitrogen and oxygen atoms in total. The van der Waals surface area contributed by atoms with Crippen LogP contribution in [-0.2, 0) is 14.6 Å². The monoisotopic (exact) mass is 408 g/mol. The maximum atomic E-state index is 13.4. The van der Waals surface area contributed by atoms with Gasteiger partial charge in [0, 0.05) is 17.8 Å². The average molecular weight is 408 g/mol. The van der Waals surface area contributed by atoms with Gasteiger partial charge in [-0.15, -0.1) is 0 Å². The van der Waals surface area contributed by atoms with Gasteiger partial charge >= 0.3 is 5.69 Å². The van der Waals surface area contributed by atoms with Crippen molar-refractivity contribution in [2.45, 2.75) is 12.5 Å². The number of nitro groups is 1. The fourth-order valence-corrected chi connectivity index (χ4v) is 4.79. The van der Waals surface area contributed by atoms with E-state index in [9.17, 15) is 27.7 Å². The van der Waals surface area contributed by atoms with Crippen LogP contribution in [0.25, 0.3) is 0 Å². The van der Waals surface area contributed by atoms with Crippen molar-refractivity contribution in [1.29, 1.82) is 0 Å². The number of hydrogen-bond donors (Lipinski definition) is 0. The molecule has 0 saturated carbocycles. The molecule has 1 atom stereocenters. The third kappa shape index (κ3) is 4.45. The van der Waals surface area contributed by atoms with Crippen molar-refractivity contribution in [3.63, 3.8) is 0 Å². The van der Waals surface area contributed by atoms with Gasteiger partial charge in [-0.05, 0) is 24.6 Å². The normalized spacial score (nSPS) is 17.8. The zero-order valence-electron chi connectivity index (χ0n) is 14.7. The first-order valence-corrected chi connectivity index (χ1v) is 10.2. The molecule has 1 fully saturated rings. The molecular weight excluding hydrogens is 391 g/mol. The standard InChI is InChI=1S/C18H17FN2O6S/c19-13-6-7-16(21(23)24)17(10-13)27-11-18(22)20(14-4-2-1-3-5-14)15-8-9-28(25,26)12-15/h1-7,10,15H,8-9,11-12H2/t15-/m0/s1. The Bertz CT molecular complexity index is 996. The Morgan fingerprint density at radius 1 is 1.25 bits per heavy atom. The summed E-state index contributed by atoms with van der Waals surface area (Å²) in [5.41, 5.74) is 0.0239. The van der Waals surface area contributed by atoms with Gasteiger partial charge in [-0.1, -0.05) is 18.2 Å². The van der Waals surface area contributed by atoms with Crippen LogP contribution in [0.15, 0.2) is 48.5 Å². The van der Waals surface area contributed by atoms with E-state index in [1.807, 2.05) is 0 Å². The van der Waals surface area contributed by atoms with E-state index in [4.69, 9.17) is 4.74 Å². The van der Waals surface area contributed by atoms with E-state index in [-0.39, 0.29) is 23.7 Å². The zero-order valence-corrected chi connectivity index (χ0v) is 15.5. The van der Waals surface area contributed by atoms with Crippen molar-refractivity contribution >= 4 is 27.1 Å². The Kier molecular flexibility index (Phi) is 5.59. The second kappa shape index (κ2) is 7.93. The lowest BCUT2D eigenvalue weighted by Crippen LogP contribution is -2.43. The number of rotatable bonds is 6. The van der Waals surface area contributed by atoms with E-state index in [0.29, 0.717) is 5.69 Å². The highest BCUT2D eigenvalue weighted by molar-refractivity contribution is 7.91. The summed E-state index contributed by atoms with van der Waals surface area (Å²) in [6, 6.07) is 10.6. The van der Waals surface area contributed by atoms with Crippen LogP contribution >= 0.6 is 0 Å². The summed E-state index contributed by atoms with van der Waals surface area (Å²) in [5, 5.41) is 11.1. The smallest absolute Gasteiger partial charge is 0.311 e. The molecule has 0 aliphatic carbocycles. The summed E-state index contributed by atoms with van der Waals surface area (Å²) in [5.74, 6) is -1.88. The molecule has 0 unspecified atom stereocenters. The van der Waals surface area contributed by atoms with E-state index >= 15 is 0 Å². The summed E-state index contributed by atoms with van der Waals surface area (Å²) < 4.78 is 42.4. The number of carbonyl (C=O) groups is 1. The van der Waals surface area contributed by atoms with Crippen LogP contribution in [0.4, 0.5) is 15.8 Å². The molecule has 1 heterocycles. The van der Waals surface area contributed by atoms with Gasteiger partial charge < -0.3 is 9.64 Å². The van der Waals surface area contributed by atoms with Gasteiger partial charge in [0.1, 0.15) is 5.82 Å². The summed E-state index contributed by atoms with van der Waals surface area (Å²) in [7, 11) is -3.25. The Morgan fingerprint density at radius 2 is 1.96 bits per heavy atom. The lowest BCUT2D eigenvalue weighted by Gasteiger charge is -2.28. The molecule has 28 heavy (non-hydrogen) atoms. The first-order valence-electron chi connectivity index (χ1n) is 8.41. The minimum absolute atomic E-state index is 0.0233. The van der Waals surface area contributed by atoms with Crippen molar-refractivity contribution in [3.8, 4) is 5.75 Å².